The van der Waals surface area contributed by atoms with Crippen LogP contribution < -0.4 is 5.32 Å². The average molecular weight is 455 g/mol. The van der Waals surface area contributed by atoms with Crippen molar-refractivity contribution in [2.24, 2.45) is 0 Å². The molecule has 0 aliphatic rings. The fraction of sp³-hybridized carbons (Fsp3) is 0.200. The van der Waals surface area contributed by atoms with Crippen LogP contribution in [0.2, 0.25) is 10.0 Å². The zero-order valence-electron chi connectivity index (χ0n) is 17.2. The van der Waals surface area contributed by atoms with E-state index in [2.05, 4.69) is 5.32 Å². The van der Waals surface area contributed by atoms with Crippen LogP contribution in [0.15, 0.2) is 78.9 Å². The second-order valence-corrected chi connectivity index (χ2v) is 8.02. The van der Waals surface area contributed by atoms with Crippen molar-refractivity contribution in [3.63, 3.8) is 0 Å². The van der Waals surface area contributed by atoms with Crippen LogP contribution in [0, 0.1) is 0 Å². The van der Waals surface area contributed by atoms with Crippen LogP contribution in [0.3, 0.4) is 0 Å². The summed E-state index contributed by atoms with van der Waals surface area (Å²) in [5, 5.41) is 3.62. The lowest BCUT2D eigenvalue weighted by Crippen LogP contribution is -2.50. The highest BCUT2D eigenvalue weighted by Gasteiger charge is 2.30. The minimum absolute atomic E-state index is 0.134. The predicted octanol–water partition coefficient (Wildman–Crippen LogP) is 4.92. The number of halogens is 2. The summed E-state index contributed by atoms with van der Waals surface area (Å²) in [5.41, 5.74) is 2.45. The maximum Gasteiger partial charge on any atom is 0.242 e. The average Bonchev–Trinajstić information content (AvgIpc) is 2.78. The molecule has 0 saturated carbocycles. The first-order valence-corrected chi connectivity index (χ1v) is 10.8. The van der Waals surface area contributed by atoms with E-state index in [-0.39, 0.29) is 24.8 Å². The third kappa shape index (κ3) is 6.09. The Balaban J connectivity index is 1.98. The second-order valence-electron chi connectivity index (χ2n) is 7.20. The first kappa shape index (κ1) is 22.9. The Morgan fingerprint density at radius 3 is 1.94 bits per heavy atom. The molecule has 1 atom stereocenters. The number of hydrogen-bond acceptors (Lipinski definition) is 2. The van der Waals surface area contributed by atoms with Crippen molar-refractivity contribution >= 4 is 35.0 Å². The fourth-order valence-corrected chi connectivity index (χ4v) is 3.96. The van der Waals surface area contributed by atoms with E-state index in [0.717, 1.165) is 11.1 Å². The standard InChI is InChI=1S/C25H24Cl2N2O2/c1-28-25(31)23(15-18-9-4-2-5-10-18)29(17-20-21(26)13-8-14-22(20)27)24(30)16-19-11-6-3-7-12-19/h2-14,23H,15-17H2,1H3,(H,28,31)/t23-/m1/s1. The van der Waals surface area contributed by atoms with Gasteiger partial charge in [0.25, 0.3) is 0 Å². The third-order valence-corrected chi connectivity index (χ3v) is 5.81. The van der Waals surface area contributed by atoms with Crippen molar-refractivity contribution < 1.29 is 9.59 Å². The van der Waals surface area contributed by atoms with Crippen LogP contribution in [0.4, 0.5) is 0 Å². The van der Waals surface area contributed by atoms with Gasteiger partial charge in [0, 0.05) is 35.6 Å². The molecule has 0 heterocycles. The maximum absolute atomic E-state index is 13.5. The van der Waals surface area contributed by atoms with E-state index in [0.29, 0.717) is 22.0 Å². The molecule has 0 unspecified atom stereocenters. The molecule has 6 heteroatoms. The van der Waals surface area contributed by atoms with E-state index in [1.807, 2.05) is 60.7 Å². The van der Waals surface area contributed by atoms with Gasteiger partial charge in [-0.15, -0.1) is 0 Å². The smallest absolute Gasteiger partial charge is 0.242 e. The number of likely N-dealkylation sites (N-methyl/N-ethyl adjacent to an activating group) is 1. The highest BCUT2D eigenvalue weighted by atomic mass is 35.5. The fourth-order valence-electron chi connectivity index (χ4n) is 3.45. The van der Waals surface area contributed by atoms with Gasteiger partial charge in [0.15, 0.2) is 0 Å². The van der Waals surface area contributed by atoms with Gasteiger partial charge in [-0.2, -0.15) is 0 Å². The topological polar surface area (TPSA) is 49.4 Å². The molecule has 0 aromatic heterocycles. The maximum atomic E-state index is 13.5. The van der Waals surface area contributed by atoms with Crippen molar-refractivity contribution in [2.45, 2.75) is 25.4 Å². The van der Waals surface area contributed by atoms with Gasteiger partial charge in [-0.3, -0.25) is 9.59 Å². The van der Waals surface area contributed by atoms with E-state index in [1.54, 1.807) is 30.1 Å². The molecule has 0 spiro atoms. The Morgan fingerprint density at radius 1 is 0.839 bits per heavy atom. The molecule has 0 saturated heterocycles. The van der Waals surface area contributed by atoms with Gasteiger partial charge in [-0.05, 0) is 23.3 Å². The summed E-state index contributed by atoms with van der Waals surface area (Å²) in [6, 6.07) is 23.6. The SMILES string of the molecule is CNC(=O)[C@@H](Cc1ccccc1)N(Cc1c(Cl)cccc1Cl)C(=O)Cc1ccccc1. The predicted molar refractivity (Wildman–Crippen MR) is 125 cm³/mol. The number of hydrogen-bond donors (Lipinski definition) is 1. The summed E-state index contributed by atoms with van der Waals surface area (Å²) in [6.07, 6.45) is 0.550. The molecule has 0 aliphatic heterocycles. The lowest BCUT2D eigenvalue weighted by atomic mass is 10.0. The normalized spacial score (nSPS) is 11.6. The zero-order valence-corrected chi connectivity index (χ0v) is 18.7. The third-order valence-electron chi connectivity index (χ3n) is 5.11. The van der Waals surface area contributed by atoms with Crippen LogP contribution in [-0.2, 0) is 29.0 Å². The van der Waals surface area contributed by atoms with Crippen LogP contribution in [0.25, 0.3) is 0 Å². The highest BCUT2D eigenvalue weighted by Crippen LogP contribution is 2.27. The summed E-state index contributed by atoms with van der Waals surface area (Å²) in [7, 11) is 1.57. The minimum Gasteiger partial charge on any atom is -0.357 e. The first-order chi connectivity index (χ1) is 15.0. The molecule has 0 fully saturated rings. The van der Waals surface area contributed by atoms with E-state index in [4.69, 9.17) is 23.2 Å². The monoisotopic (exact) mass is 454 g/mol. The van der Waals surface area contributed by atoms with Crippen LogP contribution >= 0.6 is 23.2 Å². The van der Waals surface area contributed by atoms with Gasteiger partial charge in [0.2, 0.25) is 11.8 Å². The van der Waals surface area contributed by atoms with Crippen molar-refractivity contribution in [1.82, 2.24) is 10.2 Å². The summed E-state index contributed by atoms with van der Waals surface area (Å²) >= 11 is 12.8. The van der Waals surface area contributed by atoms with Gasteiger partial charge in [0.05, 0.1) is 6.42 Å². The Kier molecular flexibility index (Phi) is 8.10. The summed E-state index contributed by atoms with van der Waals surface area (Å²) in [5.74, 6) is -0.417. The number of amides is 2. The van der Waals surface area contributed by atoms with Crippen LogP contribution in [-0.4, -0.2) is 29.8 Å². The Morgan fingerprint density at radius 2 is 1.39 bits per heavy atom. The van der Waals surface area contributed by atoms with Crippen molar-refractivity contribution in [3.05, 3.63) is 106 Å². The molecular formula is C25H24Cl2N2O2. The lowest BCUT2D eigenvalue weighted by molar-refractivity contribution is -0.140. The molecule has 3 aromatic rings. The number of nitrogens with one attached hydrogen (secondary N) is 1. The Hall–Kier alpha value is -2.82. The van der Waals surface area contributed by atoms with Crippen molar-refractivity contribution in [2.75, 3.05) is 7.05 Å². The van der Waals surface area contributed by atoms with E-state index in [1.165, 1.54) is 0 Å². The van der Waals surface area contributed by atoms with Crippen LogP contribution in [0.5, 0.6) is 0 Å². The van der Waals surface area contributed by atoms with Crippen molar-refractivity contribution in [3.8, 4) is 0 Å². The van der Waals surface area contributed by atoms with Gasteiger partial charge in [-0.1, -0.05) is 89.9 Å². The molecule has 160 valence electrons. The number of benzene rings is 3. The van der Waals surface area contributed by atoms with Gasteiger partial charge in [0.1, 0.15) is 6.04 Å². The van der Waals surface area contributed by atoms with E-state index < -0.39 is 6.04 Å². The van der Waals surface area contributed by atoms with Gasteiger partial charge < -0.3 is 10.2 Å². The molecule has 31 heavy (non-hydrogen) atoms. The Bertz CT molecular complexity index is 1010. The molecule has 3 aromatic carbocycles. The first-order valence-electron chi connectivity index (χ1n) is 10.0. The molecule has 3 rings (SSSR count). The van der Waals surface area contributed by atoms with E-state index in [9.17, 15) is 9.59 Å². The summed E-state index contributed by atoms with van der Waals surface area (Å²) in [6.45, 7) is 0.134. The largest absolute Gasteiger partial charge is 0.357 e. The molecule has 2 amide bonds. The lowest BCUT2D eigenvalue weighted by Gasteiger charge is -2.31. The number of nitrogens with zero attached hydrogens (tertiary/aromatic N) is 1. The quantitative estimate of drug-likeness (QED) is 0.524. The number of rotatable bonds is 8. The number of carbonyl (C=O) groups excluding carboxylic acids is 2. The highest BCUT2D eigenvalue weighted by molar-refractivity contribution is 6.36. The number of carbonyl (C=O) groups is 2. The zero-order chi connectivity index (χ0) is 22.2. The molecule has 0 bridgehead atoms. The molecular weight excluding hydrogens is 431 g/mol. The second kappa shape index (κ2) is 11.0. The van der Waals surface area contributed by atoms with Crippen molar-refractivity contribution in [1.29, 1.82) is 0 Å². The molecule has 0 radical (unpaired) electrons. The van der Waals surface area contributed by atoms with Gasteiger partial charge in [-0.25, -0.2) is 0 Å². The molecule has 0 aliphatic carbocycles. The summed E-state index contributed by atoms with van der Waals surface area (Å²) in [4.78, 5) is 27.9. The molecule has 4 nitrogen and oxygen atoms in total. The Labute approximate surface area is 192 Å². The van der Waals surface area contributed by atoms with Gasteiger partial charge >= 0.3 is 0 Å². The summed E-state index contributed by atoms with van der Waals surface area (Å²) < 4.78 is 0. The van der Waals surface area contributed by atoms with E-state index >= 15 is 0 Å². The van der Waals surface area contributed by atoms with Crippen LogP contribution in [0.1, 0.15) is 16.7 Å². The molecule has 1 N–H and O–H groups in total. The minimum atomic E-state index is -0.712.